The van der Waals surface area contributed by atoms with Crippen LogP contribution in [0.5, 0.6) is 11.5 Å². The Morgan fingerprint density at radius 1 is 1.18 bits per heavy atom. The molecule has 0 unspecified atom stereocenters. The predicted molar refractivity (Wildman–Crippen MR) is 133 cm³/mol. The largest absolute Gasteiger partial charge is 0.497 e. The number of rotatable bonds is 7. The van der Waals surface area contributed by atoms with E-state index in [1.807, 2.05) is 30.5 Å². The van der Waals surface area contributed by atoms with E-state index in [0.29, 0.717) is 12.0 Å². The van der Waals surface area contributed by atoms with Gasteiger partial charge in [0.15, 0.2) is 6.61 Å². The lowest BCUT2D eigenvalue weighted by Crippen LogP contribution is -2.39. The van der Waals surface area contributed by atoms with Crippen LogP contribution in [0.3, 0.4) is 0 Å². The average molecular weight is 461 g/mol. The van der Waals surface area contributed by atoms with Gasteiger partial charge in [-0.25, -0.2) is 0 Å². The van der Waals surface area contributed by atoms with E-state index in [4.69, 9.17) is 15.2 Å². The smallest absolute Gasteiger partial charge is 0.262 e. The third kappa shape index (κ3) is 5.00. The number of methoxy groups -OCH3 is 1. The van der Waals surface area contributed by atoms with E-state index in [-0.39, 0.29) is 18.6 Å². The van der Waals surface area contributed by atoms with Gasteiger partial charge in [0.1, 0.15) is 11.5 Å². The predicted octanol–water partition coefficient (Wildman–Crippen LogP) is 3.79. The topological polar surface area (TPSA) is 98.5 Å². The molecule has 1 aliphatic carbocycles. The van der Waals surface area contributed by atoms with Crippen LogP contribution >= 0.6 is 0 Å². The van der Waals surface area contributed by atoms with Crippen molar-refractivity contribution < 1.29 is 14.3 Å². The number of hydrogen-bond donors (Lipinski definition) is 3. The molecular weight excluding hydrogens is 428 g/mol. The molecule has 0 bridgehead atoms. The minimum absolute atomic E-state index is 0.0849. The Labute approximate surface area is 200 Å². The lowest BCUT2D eigenvalue weighted by Gasteiger charge is -2.33. The van der Waals surface area contributed by atoms with E-state index in [0.717, 1.165) is 72.3 Å². The Morgan fingerprint density at radius 3 is 2.85 bits per heavy atom. The molecule has 3 aromatic rings. The number of ether oxygens (including phenoxy) is 2. The summed E-state index contributed by atoms with van der Waals surface area (Å²) in [5, 5.41) is 7.69. The van der Waals surface area contributed by atoms with Crippen molar-refractivity contribution in [1.82, 2.24) is 10.3 Å². The van der Waals surface area contributed by atoms with Gasteiger partial charge >= 0.3 is 0 Å². The summed E-state index contributed by atoms with van der Waals surface area (Å²) in [5.74, 6) is 1.99. The molecule has 7 nitrogen and oxygen atoms in total. The van der Waals surface area contributed by atoms with Gasteiger partial charge in [-0.3, -0.25) is 9.78 Å². The van der Waals surface area contributed by atoms with Crippen LogP contribution < -0.4 is 25.8 Å². The molecule has 7 heteroatoms. The van der Waals surface area contributed by atoms with Gasteiger partial charge in [-0.05, 0) is 85.5 Å². The Balaban J connectivity index is 1.14. The van der Waals surface area contributed by atoms with Crippen LogP contribution in [0.25, 0.3) is 10.9 Å². The van der Waals surface area contributed by atoms with Crippen LogP contribution in [0.4, 0.5) is 5.69 Å². The molecule has 1 aliphatic heterocycles. The number of carbonyl (C=O) groups is 1. The third-order valence-corrected chi connectivity index (χ3v) is 7.14. The van der Waals surface area contributed by atoms with Gasteiger partial charge in [0.25, 0.3) is 5.91 Å². The molecule has 178 valence electrons. The molecule has 1 fully saturated rings. The maximum Gasteiger partial charge on any atom is 0.262 e. The van der Waals surface area contributed by atoms with Gasteiger partial charge in [0.2, 0.25) is 0 Å². The fraction of sp³-hybridized carbons (Fsp3) is 0.407. The maximum absolute atomic E-state index is 11.6. The molecule has 34 heavy (non-hydrogen) atoms. The van der Waals surface area contributed by atoms with Crippen molar-refractivity contribution in [3.63, 3.8) is 0 Å². The first kappa shape index (κ1) is 22.6. The van der Waals surface area contributed by atoms with Crippen molar-refractivity contribution in [3.8, 4) is 11.5 Å². The fourth-order valence-corrected chi connectivity index (χ4v) is 5.16. The number of amides is 1. The Bertz CT molecular complexity index is 1170. The van der Waals surface area contributed by atoms with Gasteiger partial charge in [-0.1, -0.05) is 6.07 Å². The van der Waals surface area contributed by atoms with Gasteiger partial charge in [0, 0.05) is 30.2 Å². The second kappa shape index (κ2) is 9.99. The van der Waals surface area contributed by atoms with Crippen molar-refractivity contribution in [2.45, 2.75) is 50.7 Å². The number of nitrogens with zero attached hydrogens (tertiary/aromatic N) is 1. The number of hydrogen-bond acceptors (Lipinski definition) is 6. The fourth-order valence-electron chi connectivity index (χ4n) is 5.16. The van der Waals surface area contributed by atoms with Crippen molar-refractivity contribution in [2.75, 3.05) is 19.0 Å². The first-order valence-electron chi connectivity index (χ1n) is 12.0. The summed E-state index contributed by atoms with van der Waals surface area (Å²) in [6.45, 7) is 0.858. The number of fused-ring (bicyclic) bond motifs is 2. The van der Waals surface area contributed by atoms with E-state index in [2.05, 4.69) is 33.8 Å². The molecule has 1 saturated carbocycles. The minimum Gasteiger partial charge on any atom is -0.497 e. The summed E-state index contributed by atoms with van der Waals surface area (Å²) in [4.78, 5) is 16.1. The zero-order valence-corrected chi connectivity index (χ0v) is 19.5. The maximum atomic E-state index is 11.6. The molecule has 1 atom stereocenters. The second-order valence-corrected chi connectivity index (χ2v) is 9.38. The highest BCUT2D eigenvalue weighted by Gasteiger charge is 2.26. The normalized spacial score (nSPS) is 20.8. The van der Waals surface area contributed by atoms with Crippen LogP contribution in [-0.2, 0) is 17.8 Å². The summed E-state index contributed by atoms with van der Waals surface area (Å²) in [6.07, 6.45) is 7.20. The standard InChI is InChI=1S/C27H32N4O3/c1-33-21-7-8-24-22(14-21)19(10-11-29-24)13-23(28)18-3-5-20(6-4-18)30-15-17-2-9-26-25(12-17)31-27(32)16-34-26/h2,7-12,14,18,20,23,30H,3-6,13,15-16,28H2,1H3,(H,31,32)/t18-,20-,23-/m1/s1. The summed E-state index contributed by atoms with van der Waals surface area (Å²) in [5.41, 5.74) is 10.8. The minimum atomic E-state index is -0.105. The summed E-state index contributed by atoms with van der Waals surface area (Å²) in [7, 11) is 1.69. The molecule has 0 spiro atoms. The van der Waals surface area contributed by atoms with Crippen LogP contribution in [0.15, 0.2) is 48.7 Å². The number of benzene rings is 2. The summed E-state index contributed by atoms with van der Waals surface area (Å²) >= 11 is 0. The average Bonchev–Trinajstić information content (AvgIpc) is 2.87. The zero-order valence-electron chi connectivity index (χ0n) is 19.5. The number of nitrogens with one attached hydrogen (secondary N) is 2. The van der Waals surface area contributed by atoms with E-state index >= 15 is 0 Å². The van der Waals surface area contributed by atoms with E-state index in [1.54, 1.807) is 7.11 Å². The van der Waals surface area contributed by atoms with E-state index in [1.165, 1.54) is 5.56 Å². The van der Waals surface area contributed by atoms with Crippen LogP contribution in [-0.4, -0.2) is 36.7 Å². The molecule has 0 saturated heterocycles. The molecule has 4 N–H and O–H groups in total. The quantitative estimate of drug-likeness (QED) is 0.496. The van der Waals surface area contributed by atoms with Gasteiger partial charge in [-0.2, -0.15) is 0 Å². The molecule has 5 rings (SSSR count). The van der Waals surface area contributed by atoms with E-state index in [9.17, 15) is 4.79 Å². The molecular formula is C27H32N4O3. The van der Waals surface area contributed by atoms with Crippen LogP contribution in [0.2, 0.25) is 0 Å². The van der Waals surface area contributed by atoms with Crippen molar-refractivity contribution in [2.24, 2.45) is 11.7 Å². The third-order valence-electron chi connectivity index (χ3n) is 7.14. The number of anilines is 1. The molecule has 2 aromatic carbocycles. The molecule has 1 aromatic heterocycles. The monoisotopic (exact) mass is 460 g/mol. The Morgan fingerprint density at radius 2 is 2.03 bits per heavy atom. The lowest BCUT2D eigenvalue weighted by atomic mass is 9.79. The Kier molecular flexibility index (Phi) is 6.65. The molecule has 2 aliphatic rings. The van der Waals surface area contributed by atoms with Crippen LogP contribution in [0, 0.1) is 5.92 Å². The highest BCUT2D eigenvalue weighted by molar-refractivity contribution is 5.95. The molecule has 0 radical (unpaired) electrons. The number of aromatic nitrogens is 1. The van der Waals surface area contributed by atoms with Gasteiger partial charge in [-0.15, -0.1) is 0 Å². The highest BCUT2D eigenvalue weighted by atomic mass is 16.5. The lowest BCUT2D eigenvalue weighted by molar-refractivity contribution is -0.118. The van der Waals surface area contributed by atoms with Gasteiger partial charge < -0.3 is 25.8 Å². The molecule has 1 amide bonds. The summed E-state index contributed by atoms with van der Waals surface area (Å²) in [6, 6.07) is 14.7. The Hall–Kier alpha value is -3.16. The van der Waals surface area contributed by atoms with E-state index < -0.39 is 0 Å². The van der Waals surface area contributed by atoms with Crippen molar-refractivity contribution in [1.29, 1.82) is 0 Å². The first-order valence-corrected chi connectivity index (χ1v) is 12.0. The molecule has 2 heterocycles. The SMILES string of the molecule is COc1ccc2nccc(C[C@@H](N)[C@H]3CC[C@H](NCc4ccc5c(c4)NC(=O)CO5)CC3)c2c1. The number of nitrogens with two attached hydrogens (primary N) is 1. The summed E-state index contributed by atoms with van der Waals surface area (Å²) < 4.78 is 10.8. The second-order valence-electron chi connectivity index (χ2n) is 9.38. The van der Waals surface area contributed by atoms with Gasteiger partial charge in [0.05, 0.1) is 18.3 Å². The van der Waals surface area contributed by atoms with Crippen molar-refractivity contribution in [3.05, 3.63) is 59.8 Å². The first-order chi connectivity index (χ1) is 16.6. The zero-order chi connectivity index (χ0) is 23.5. The highest BCUT2D eigenvalue weighted by Crippen LogP contribution is 2.31. The number of carbonyl (C=O) groups excluding carboxylic acids is 1. The van der Waals surface area contributed by atoms with Crippen LogP contribution in [0.1, 0.15) is 36.8 Å². The van der Waals surface area contributed by atoms with Crippen molar-refractivity contribution >= 4 is 22.5 Å². The number of pyridine rings is 1.